The Kier molecular flexibility index (Phi) is 5.97. The second kappa shape index (κ2) is 10.1. The van der Waals surface area contributed by atoms with Crippen molar-refractivity contribution < 1.29 is 22.6 Å². The number of ether oxygens (including phenoxy) is 2. The van der Waals surface area contributed by atoms with Crippen LogP contribution in [0.15, 0.2) is 127 Å². The molecule has 248 valence electrons. The quantitative estimate of drug-likeness (QED) is 0.186. The molecule has 1 unspecified atom stereocenters. The van der Waals surface area contributed by atoms with Gasteiger partial charge in [-0.3, -0.25) is 0 Å². The number of benzene rings is 7. The molecular weight excluding hydrogens is 641 g/mol. The summed E-state index contributed by atoms with van der Waals surface area (Å²) in [4.78, 5) is 0. The summed E-state index contributed by atoms with van der Waals surface area (Å²) in [5.74, 6) is 1.46. The minimum atomic E-state index is -4.44. The molecule has 2 nitrogen and oxygen atoms in total. The fraction of sp³-hybridized carbons (Fsp3) is 0.130. The summed E-state index contributed by atoms with van der Waals surface area (Å²) in [5, 5.41) is 4.16. The average molecular weight is 673 g/mol. The molecule has 0 bridgehead atoms. The molecule has 7 aromatic carbocycles. The lowest BCUT2D eigenvalue weighted by molar-refractivity contribution is -0.137. The molecule has 0 fully saturated rings. The molecule has 3 aliphatic rings. The highest BCUT2D eigenvalue weighted by atomic mass is 19.4. The Bertz CT molecular complexity index is 2640. The predicted octanol–water partition coefficient (Wildman–Crippen LogP) is 12.3. The molecular formula is C46H31F3O2. The van der Waals surface area contributed by atoms with E-state index in [0.29, 0.717) is 11.3 Å². The second-order valence-corrected chi connectivity index (χ2v) is 14.3. The van der Waals surface area contributed by atoms with Gasteiger partial charge in [0.05, 0.1) is 12.7 Å². The van der Waals surface area contributed by atoms with Crippen LogP contribution in [0.4, 0.5) is 13.2 Å². The van der Waals surface area contributed by atoms with Crippen LogP contribution in [-0.4, -0.2) is 7.11 Å². The van der Waals surface area contributed by atoms with E-state index in [2.05, 4.69) is 91.0 Å². The van der Waals surface area contributed by atoms with Gasteiger partial charge < -0.3 is 9.47 Å². The van der Waals surface area contributed by atoms with Crippen molar-refractivity contribution in [3.05, 3.63) is 161 Å². The van der Waals surface area contributed by atoms with E-state index in [1.54, 1.807) is 13.2 Å². The van der Waals surface area contributed by atoms with E-state index in [1.807, 2.05) is 38.1 Å². The molecule has 10 rings (SSSR count). The molecule has 1 aliphatic heterocycles. The van der Waals surface area contributed by atoms with Crippen LogP contribution in [0, 0.1) is 0 Å². The predicted molar refractivity (Wildman–Crippen MR) is 198 cm³/mol. The second-order valence-electron chi connectivity index (χ2n) is 14.3. The van der Waals surface area contributed by atoms with Gasteiger partial charge >= 0.3 is 6.18 Å². The molecule has 0 spiro atoms. The maximum absolute atomic E-state index is 14.0. The number of methoxy groups -OCH3 is 1. The minimum Gasteiger partial charge on any atom is -0.497 e. The summed E-state index contributed by atoms with van der Waals surface area (Å²) in [6.45, 7) is 4.04. The normalized spacial score (nSPS) is 17.5. The maximum atomic E-state index is 14.0. The smallest absolute Gasteiger partial charge is 0.416 e. The van der Waals surface area contributed by atoms with Crippen molar-refractivity contribution in [1.82, 2.24) is 0 Å². The highest BCUT2D eigenvalue weighted by molar-refractivity contribution is 6.16. The van der Waals surface area contributed by atoms with Gasteiger partial charge in [0.1, 0.15) is 11.5 Å². The van der Waals surface area contributed by atoms with Gasteiger partial charge in [-0.25, -0.2) is 0 Å². The van der Waals surface area contributed by atoms with Crippen LogP contribution in [0.5, 0.6) is 11.5 Å². The van der Waals surface area contributed by atoms with E-state index in [4.69, 9.17) is 9.47 Å². The Hall–Kier alpha value is -5.81. The molecule has 1 atom stereocenters. The average Bonchev–Trinajstić information content (AvgIpc) is 3.60. The molecule has 0 saturated heterocycles. The summed E-state index contributed by atoms with van der Waals surface area (Å²) in [7, 11) is 1.66. The van der Waals surface area contributed by atoms with Gasteiger partial charge in [0, 0.05) is 27.5 Å². The zero-order chi connectivity index (χ0) is 34.9. The number of hydrogen-bond acceptors (Lipinski definition) is 2. The van der Waals surface area contributed by atoms with Crippen LogP contribution in [-0.2, 0) is 17.2 Å². The van der Waals surface area contributed by atoms with Gasteiger partial charge in [0.15, 0.2) is 5.60 Å². The van der Waals surface area contributed by atoms with Crippen molar-refractivity contribution in [2.24, 2.45) is 0 Å². The first kappa shape index (κ1) is 30.1. The van der Waals surface area contributed by atoms with Crippen LogP contribution < -0.4 is 9.47 Å². The van der Waals surface area contributed by atoms with E-state index in [1.165, 1.54) is 39.8 Å². The van der Waals surface area contributed by atoms with E-state index < -0.39 is 22.8 Å². The largest absolute Gasteiger partial charge is 0.497 e. The molecule has 5 heteroatoms. The lowest BCUT2D eigenvalue weighted by Gasteiger charge is -2.39. The Balaban J connectivity index is 1.26. The molecule has 0 aromatic heterocycles. The molecule has 0 radical (unpaired) electrons. The summed E-state index contributed by atoms with van der Waals surface area (Å²) >= 11 is 0. The van der Waals surface area contributed by atoms with Crippen molar-refractivity contribution in [3.63, 3.8) is 0 Å². The number of rotatable bonds is 3. The van der Waals surface area contributed by atoms with Crippen LogP contribution in [0.3, 0.4) is 0 Å². The van der Waals surface area contributed by atoms with Crippen molar-refractivity contribution in [2.45, 2.75) is 31.0 Å². The zero-order valence-electron chi connectivity index (χ0n) is 28.2. The molecule has 0 amide bonds. The van der Waals surface area contributed by atoms with Gasteiger partial charge in [-0.1, -0.05) is 117 Å². The number of alkyl halides is 3. The highest BCUT2D eigenvalue weighted by Crippen LogP contribution is 2.59. The topological polar surface area (TPSA) is 18.5 Å². The number of fused-ring (bicyclic) bond motifs is 11. The van der Waals surface area contributed by atoms with Crippen LogP contribution in [0.25, 0.3) is 61.0 Å². The Morgan fingerprint density at radius 2 is 1.27 bits per heavy atom. The Morgan fingerprint density at radius 1 is 0.627 bits per heavy atom. The molecule has 0 N–H and O–H groups in total. The van der Waals surface area contributed by atoms with E-state index in [0.717, 1.165) is 55.3 Å². The van der Waals surface area contributed by atoms with Crippen molar-refractivity contribution >= 4 is 27.6 Å². The molecule has 51 heavy (non-hydrogen) atoms. The number of halogens is 3. The Morgan fingerprint density at radius 3 is 2.00 bits per heavy atom. The molecule has 7 aromatic rings. The third-order valence-electron chi connectivity index (χ3n) is 11.3. The van der Waals surface area contributed by atoms with E-state index in [9.17, 15) is 13.2 Å². The van der Waals surface area contributed by atoms with Gasteiger partial charge in [-0.15, -0.1) is 0 Å². The first-order chi connectivity index (χ1) is 24.6. The summed E-state index contributed by atoms with van der Waals surface area (Å²) in [6.07, 6.45) is -0.160. The lowest BCUT2D eigenvalue weighted by Crippen LogP contribution is -2.35. The third-order valence-corrected chi connectivity index (χ3v) is 11.3. The van der Waals surface area contributed by atoms with Gasteiger partial charge in [0.2, 0.25) is 0 Å². The van der Waals surface area contributed by atoms with E-state index in [-0.39, 0.29) is 0 Å². The van der Waals surface area contributed by atoms with Crippen LogP contribution in [0.1, 0.15) is 47.2 Å². The summed E-state index contributed by atoms with van der Waals surface area (Å²) < 4.78 is 55.2. The SMILES string of the molecule is COc1ccc(C2(c3ccc4c5c(cccc35)-c3ccccc3-4)C=Cc3c4c(c5ccccc5c3O2)-c2ccc(C(F)(F)F)cc2C4(C)C)cc1. The first-order valence-electron chi connectivity index (χ1n) is 17.1. The maximum Gasteiger partial charge on any atom is 0.416 e. The van der Waals surface area contributed by atoms with Crippen molar-refractivity contribution in [1.29, 1.82) is 0 Å². The highest BCUT2D eigenvalue weighted by Gasteiger charge is 2.46. The van der Waals surface area contributed by atoms with Gasteiger partial charge in [-0.05, 0) is 91.0 Å². The van der Waals surface area contributed by atoms with Crippen molar-refractivity contribution in [2.75, 3.05) is 7.11 Å². The third kappa shape index (κ3) is 3.95. The van der Waals surface area contributed by atoms with Gasteiger partial charge in [0.25, 0.3) is 0 Å². The zero-order valence-corrected chi connectivity index (χ0v) is 28.2. The Labute approximate surface area is 293 Å². The minimum absolute atomic E-state index is 0.639. The lowest BCUT2D eigenvalue weighted by atomic mass is 9.76. The monoisotopic (exact) mass is 672 g/mol. The summed E-state index contributed by atoms with van der Waals surface area (Å²) in [6, 6.07) is 39.7. The number of hydrogen-bond donors (Lipinski definition) is 0. The first-order valence-corrected chi connectivity index (χ1v) is 17.1. The molecule has 0 saturated carbocycles. The van der Waals surface area contributed by atoms with E-state index >= 15 is 0 Å². The molecule has 2 aliphatic carbocycles. The van der Waals surface area contributed by atoms with Crippen molar-refractivity contribution in [3.8, 4) is 44.9 Å². The fourth-order valence-electron chi connectivity index (χ4n) is 9.04. The molecule has 1 heterocycles. The van der Waals surface area contributed by atoms with Crippen LogP contribution in [0.2, 0.25) is 0 Å². The summed E-state index contributed by atoms with van der Waals surface area (Å²) in [5.41, 5.74) is 8.70. The van der Waals surface area contributed by atoms with Gasteiger partial charge in [-0.2, -0.15) is 13.2 Å². The van der Waals surface area contributed by atoms with Crippen LogP contribution >= 0.6 is 0 Å². The standard InChI is InChI=1S/C46H31F3O2/c1-44(2)39-25-27(46(47,48)49)17-20-36(39)41-32-11-6-7-12-34(32)43-37(42(41)44)23-24-45(51-43,26-15-18-28(50-3)19-16-26)38-22-21-33-30-10-5-4-9-29(30)31-13-8-14-35(38)40(31)33/h4-25H,1-3H3. The fourth-order valence-corrected chi connectivity index (χ4v) is 9.04.